The Morgan fingerprint density at radius 3 is 2.88 bits per heavy atom. The van der Waals surface area contributed by atoms with E-state index in [-0.39, 0.29) is 11.4 Å². The van der Waals surface area contributed by atoms with Crippen LogP contribution in [0.5, 0.6) is 11.5 Å². The number of hydrazone groups is 1. The lowest BCUT2D eigenvalue weighted by molar-refractivity contribution is 0.240. The molecular formula is C19H23N3O4. The van der Waals surface area contributed by atoms with Crippen molar-refractivity contribution in [2.24, 2.45) is 5.10 Å². The summed E-state index contributed by atoms with van der Waals surface area (Å²) in [5, 5.41) is 21.1. The van der Waals surface area contributed by atoms with E-state index in [4.69, 9.17) is 9.15 Å². The van der Waals surface area contributed by atoms with E-state index in [0.717, 1.165) is 49.8 Å². The summed E-state index contributed by atoms with van der Waals surface area (Å²) in [6.07, 6.45) is 5.75. The minimum atomic E-state index is -0.364. The van der Waals surface area contributed by atoms with Crippen LogP contribution in [0.15, 0.2) is 20.4 Å². The van der Waals surface area contributed by atoms with Crippen LogP contribution in [0.4, 0.5) is 0 Å². The number of ether oxygens (including phenoxy) is 1. The quantitative estimate of drug-likeness (QED) is 0.645. The lowest BCUT2D eigenvalue weighted by Crippen LogP contribution is -2.29. The molecule has 2 aromatic rings. The second kappa shape index (κ2) is 6.99. The van der Waals surface area contributed by atoms with Gasteiger partial charge in [-0.2, -0.15) is 5.10 Å². The van der Waals surface area contributed by atoms with Gasteiger partial charge in [0.2, 0.25) is 0 Å². The molecule has 7 nitrogen and oxygen atoms in total. The Bertz CT molecular complexity index is 913. The van der Waals surface area contributed by atoms with Gasteiger partial charge in [0, 0.05) is 25.0 Å². The molecule has 26 heavy (non-hydrogen) atoms. The van der Waals surface area contributed by atoms with Crippen LogP contribution in [-0.2, 0) is 13.0 Å². The standard InChI is InChI=1S/C19H23N3O4/c1-25-16-9-13-12-5-6-20-10-14(12)19(24)26-18(13)15(17(16)23)11-21-22-7-3-2-4-8-22/h9,11,20,23H,2-8,10H2,1H3/b21-11+. The van der Waals surface area contributed by atoms with Gasteiger partial charge in [0.05, 0.1) is 24.5 Å². The zero-order valence-corrected chi connectivity index (χ0v) is 14.9. The molecule has 0 unspecified atom stereocenters. The Morgan fingerprint density at radius 1 is 1.31 bits per heavy atom. The Morgan fingerprint density at radius 2 is 2.12 bits per heavy atom. The van der Waals surface area contributed by atoms with Crippen LogP contribution < -0.4 is 15.7 Å². The van der Waals surface area contributed by atoms with Gasteiger partial charge in [0.25, 0.3) is 0 Å². The molecule has 1 aromatic carbocycles. The molecule has 0 bridgehead atoms. The van der Waals surface area contributed by atoms with Crippen LogP contribution >= 0.6 is 0 Å². The summed E-state index contributed by atoms with van der Waals surface area (Å²) in [6.45, 7) is 3.08. The molecule has 4 rings (SSSR count). The average molecular weight is 357 g/mol. The molecule has 0 aliphatic carbocycles. The van der Waals surface area contributed by atoms with E-state index in [1.54, 1.807) is 12.3 Å². The summed E-state index contributed by atoms with van der Waals surface area (Å²) in [5.41, 5.74) is 2.01. The number of rotatable bonds is 3. The second-order valence-electron chi connectivity index (χ2n) is 6.75. The predicted octanol–water partition coefficient (Wildman–Crippen LogP) is 1.97. The minimum absolute atomic E-state index is 0.0576. The van der Waals surface area contributed by atoms with Crippen LogP contribution in [0.3, 0.4) is 0 Å². The SMILES string of the molecule is COc1cc2c3c(c(=O)oc2c(/C=N/N2CCCCC2)c1O)CNCC3. The molecule has 3 heterocycles. The third-order valence-corrected chi connectivity index (χ3v) is 5.14. The van der Waals surface area contributed by atoms with Gasteiger partial charge in [-0.3, -0.25) is 5.01 Å². The van der Waals surface area contributed by atoms with Crippen molar-refractivity contribution >= 4 is 17.2 Å². The lowest BCUT2D eigenvalue weighted by atomic mass is 9.96. The van der Waals surface area contributed by atoms with Crippen LogP contribution in [0.1, 0.15) is 36.0 Å². The van der Waals surface area contributed by atoms with Crippen molar-refractivity contribution in [1.82, 2.24) is 10.3 Å². The van der Waals surface area contributed by atoms with Crippen molar-refractivity contribution in [2.75, 3.05) is 26.7 Å². The molecule has 0 saturated carbocycles. The zero-order valence-electron chi connectivity index (χ0n) is 14.9. The molecule has 1 aromatic heterocycles. The number of nitrogens with one attached hydrogen (secondary N) is 1. The molecule has 2 aliphatic rings. The Kier molecular flexibility index (Phi) is 4.55. The largest absolute Gasteiger partial charge is 0.504 e. The van der Waals surface area contributed by atoms with E-state index in [0.29, 0.717) is 29.0 Å². The number of phenolic OH excluding ortho intramolecular Hbond substituents is 1. The number of nitrogens with zero attached hydrogens (tertiary/aromatic N) is 2. The van der Waals surface area contributed by atoms with E-state index in [1.807, 2.05) is 5.01 Å². The van der Waals surface area contributed by atoms with E-state index < -0.39 is 0 Å². The molecule has 1 saturated heterocycles. The molecular weight excluding hydrogens is 334 g/mol. The number of piperidine rings is 1. The summed E-state index contributed by atoms with van der Waals surface area (Å²) < 4.78 is 10.9. The van der Waals surface area contributed by atoms with Gasteiger partial charge in [0.1, 0.15) is 0 Å². The molecule has 2 aliphatic heterocycles. The molecule has 1 fully saturated rings. The maximum Gasteiger partial charge on any atom is 0.341 e. The van der Waals surface area contributed by atoms with Gasteiger partial charge in [-0.15, -0.1) is 0 Å². The van der Waals surface area contributed by atoms with Gasteiger partial charge < -0.3 is 19.6 Å². The Balaban J connectivity index is 1.89. The molecule has 0 amide bonds. The van der Waals surface area contributed by atoms with E-state index >= 15 is 0 Å². The third kappa shape index (κ3) is 2.92. The zero-order chi connectivity index (χ0) is 18.1. The summed E-state index contributed by atoms with van der Waals surface area (Å²) in [4.78, 5) is 12.4. The summed E-state index contributed by atoms with van der Waals surface area (Å²) in [6, 6.07) is 1.75. The first-order valence-corrected chi connectivity index (χ1v) is 9.07. The highest BCUT2D eigenvalue weighted by molar-refractivity contribution is 6.02. The maximum absolute atomic E-state index is 12.4. The number of fused-ring (bicyclic) bond motifs is 3. The molecule has 0 atom stereocenters. The third-order valence-electron chi connectivity index (χ3n) is 5.14. The molecule has 7 heteroatoms. The van der Waals surface area contributed by atoms with Crippen LogP contribution in [0.2, 0.25) is 0 Å². The summed E-state index contributed by atoms with van der Waals surface area (Å²) in [7, 11) is 1.51. The fraction of sp³-hybridized carbons (Fsp3) is 0.474. The number of phenols is 1. The highest BCUT2D eigenvalue weighted by atomic mass is 16.5. The Labute approximate surface area is 151 Å². The van der Waals surface area contributed by atoms with Crippen molar-refractivity contribution in [3.05, 3.63) is 33.2 Å². The number of methoxy groups -OCH3 is 1. The molecule has 0 radical (unpaired) electrons. The van der Waals surface area contributed by atoms with Crippen molar-refractivity contribution in [1.29, 1.82) is 0 Å². The van der Waals surface area contributed by atoms with Crippen LogP contribution in [0, 0.1) is 0 Å². The fourth-order valence-electron chi connectivity index (χ4n) is 3.72. The minimum Gasteiger partial charge on any atom is -0.504 e. The fourth-order valence-corrected chi connectivity index (χ4v) is 3.72. The lowest BCUT2D eigenvalue weighted by Gasteiger charge is -2.23. The number of aromatic hydroxyl groups is 1. The highest BCUT2D eigenvalue weighted by Crippen LogP contribution is 2.37. The maximum atomic E-state index is 12.4. The van der Waals surface area contributed by atoms with E-state index in [2.05, 4.69) is 10.4 Å². The second-order valence-corrected chi connectivity index (χ2v) is 6.75. The monoisotopic (exact) mass is 357 g/mol. The molecule has 138 valence electrons. The molecule has 2 N–H and O–H groups in total. The number of hydrogen-bond acceptors (Lipinski definition) is 7. The van der Waals surface area contributed by atoms with Crippen molar-refractivity contribution in [2.45, 2.75) is 32.2 Å². The first-order chi connectivity index (χ1) is 12.7. The van der Waals surface area contributed by atoms with Crippen LogP contribution in [0.25, 0.3) is 11.0 Å². The van der Waals surface area contributed by atoms with Crippen LogP contribution in [-0.4, -0.2) is 43.1 Å². The smallest absolute Gasteiger partial charge is 0.341 e. The van der Waals surface area contributed by atoms with Crippen molar-refractivity contribution in [3.8, 4) is 11.5 Å². The first kappa shape index (κ1) is 16.9. The number of benzene rings is 1. The van der Waals surface area contributed by atoms with E-state index in [9.17, 15) is 9.90 Å². The summed E-state index contributed by atoms with van der Waals surface area (Å²) in [5.74, 6) is 0.296. The first-order valence-electron chi connectivity index (χ1n) is 9.07. The van der Waals surface area contributed by atoms with Gasteiger partial charge >= 0.3 is 5.63 Å². The van der Waals surface area contributed by atoms with Crippen molar-refractivity contribution in [3.63, 3.8) is 0 Å². The summed E-state index contributed by atoms with van der Waals surface area (Å²) >= 11 is 0. The van der Waals surface area contributed by atoms with Gasteiger partial charge in [-0.25, -0.2) is 4.79 Å². The van der Waals surface area contributed by atoms with Gasteiger partial charge in [-0.1, -0.05) is 0 Å². The normalized spacial score (nSPS) is 17.7. The van der Waals surface area contributed by atoms with Gasteiger partial charge in [0.15, 0.2) is 17.1 Å². The Hall–Kier alpha value is -2.54. The van der Waals surface area contributed by atoms with Gasteiger partial charge in [-0.05, 0) is 43.9 Å². The molecule has 0 spiro atoms. The predicted molar refractivity (Wildman–Crippen MR) is 99.1 cm³/mol. The number of hydrogen-bond donors (Lipinski definition) is 2. The average Bonchev–Trinajstić information content (AvgIpc) is 2.68. The van der Waals surface area contributed by atoms with E-state index in [1.165, 1.54) is 13.5 Å². The van der Waals surface area contributed by atoms with Crippen molar-refractivity contribution < 1.29 is 14.3 Å². The highest BCUT2D eigenvalue weighted by Gasteiger charge is 2.23. The topological polar surface area (TPSA) is 87.3 Å².